The molecule has 0 aliphatic carbocycles. The number of carbonyl (C=O) groups excluding carboxylic acids is 1. The largest absolute Gasteiger partial charge is 0.389 e. The zero-order valence-corrected chi connectivity index (χ0v) is 13.1. The first-order valence-corrected chi connectivity index (χ1v) is 7.70. The average molecular weight is 290 g/mol. The zero-order valence-electron chi connectivity index (χ0n) is 13.1. The van der Waals surface area contributed by atoms with Gasteiger partial charge in [-0.05, 0) is 25.8 Å². The average Bonchev–Trinajstić information content (AvgIpc) is 2.45. The van der Waals surface area contributed by atoms with Gasteiger partial charge in [0.1, 0.15) is 0 Å². The number of hydrogen-bond acceptors (Lipinski definition) is 3. The normalized spacial score (nSPS) is 17.0. The van der Waals surface area contributed by atoms with E-state index in [1.807, 2.05) is 36.9 Å². The van der Waals surface area contributed by atoms with Crippen LogP contribution >= 0.6 is 0 Å². The van der Waals surface area contributed by atoms with E-state index < -0.39 is 5.60 Å². The fraction of sp³-hybridized carbons (Fsp3) is 0.588. The van der Waals surface area contributed by atoms with E-state index in [4.69, 9.17) is 0 Å². The van der Waals surface area contributed by atoms with Gasteiger partial charge in [-0.1, -0.05) is 30.3 Å². The molecule has 1 heterocycles. The van der Waals surface area contributed by atoms with Crippen LogP contribution in [0.5, 0.6) is 0 Å². The molecule has 4 nitrogen and oxygen atoms in total. The van der Waals surface area contributed by atoms with Gasteiger partial charge in [0.2, 0.25) is 5.91 Å². The van der Waals surface area contributed by atoms with E-state index in [9.17, 15) is 9.90 Å². The quantitative estimate of drug-likeness (QED) is 0.894. The van der Waals surface area contributed by atoms with Crippen LogP contribution in [0.2, 0.25) is 0 Å². The van der Waals surface area contributed by atoms with Gasteiger partial charge in [0.15, 0.2) is 0 Å². The molecule has 1 aliphatic heterocycles. The van der Waals surface area contributed by atoms with Crippen molar-refractivity contribution < 1.29 is 9.90 Å². The van der Waals surface area contributed by atoms with Gasteiger partial charge in [-0.2, -0.15) is 0 Å². The highest BCUT2D eigenvalue weighted by Crippen LogP contribution is 2.11. The smallest absolute Gasteiger partial charge is 0.222 e. The molecule has 1 saturated heterocycles. The Morgan fingerprint density at radius 2 is 1.76 bits per heavy atom. The van der Waals surface area contributed by atoms with Crippen molar-refractivity contribution in [2.45, 2.75) is 32.3 Å². The van der Waals surface area contributed by atoms with Crippen molar-refractivity contribution in [2.75, 3.05) is 32.7 Å². The molecule has 1 aliphatic rings. The number of aliphatic hydroxyl groups is 1. The zero-order chi connectivity index (χ0) is 15.3. The molecule has 1 aromatic rings. The van der Waals surface area contributed by atoms with Gasteiger partial charge in [0, 0.05) is 39.1 Å². The van der Waals surface area contributed by atoms with Crippen LogP contribution < -0.4 is 0 Å². The van der Waals surface area contributed by atoms with E-state index >= 15 is 0 Å². The first-order valence-electron chi connectivity index (χ1n) is 7.70. The summed E-state index contributed by atoms with van der Waals surface area (Å²) in [5, 5.41) is 9.83. The SMILES string of the molecule is CC(C)(O)CN1CCN(C(=O)CCc2ccccc2)CC1. The van der Waals surface area contributed by atoms with E-state index in [0.29, 0.717) is 13.0 Å². The molecule has 1 aromatic carbocycles. The minimum atomic E-state index is -0.667. The van der Waals surface area contributed by atoms with Crippen molar-refractivity contribution in [1.29, 1.82) is 0 Å². The third kappa shape index (κ3) is 5.48. The Bertz CT molecular complexity index is 446. The molecule has 1 fully saturated rings. The molecule has 0 aromatic heterocycles. The van der Waals surface area contributed by atoms with Gasteiger partial charge < -0.3 is 10.0 Å². The summed E-state index contributed by atoms with van der Waals surface area (Å²) in [5.41, 5.74) is 0.547. The molecule has 0 saturated carbocycles. The molecule has 4 heteroatoms. The summed E-state index contributed by atoms with van der Waals surface area (Å²) in [5.74, 6) is 0.238. The lowest BCUT2D eigenvalue weighted by molar-refractivity contribution is -0.133. The van der Waals surface area contributed by atoms with Crippen LogP contribution in [0.15, 0.2) is 30.3 Å². The summed E-state index contributed by atoms with van der Waals surface area (Å²) in [6.07, 6.45) is 1.39. The molecule has 0 radical (unpaired) electrons. The standard InChI is InChI=1S/C17H26N2O2/c1-17(2,21)14-18-10-12-19(13-11-18)16(20)9-8-15-6-4-3-5-7-15/h3-7,21H,8-14H2,1-2H3. The summed E-state index contributed by atoms with van der Waals surface area (Å²) < 4.78 is 0. The van der Waals surface area contributed by atoms with Crippen molar-refractivity contribution in [2.24, 2.45) is 0 Å². The van der Waals surface area contributed by atoms with Crippen molar-refractivity contribution in [3.63, 3.8) is 0 Å². The minimum Gasteiger partial charge on any atom is -0.389 e. The van der Waals surface area contributed by atoms with Crippen LogP contribution in [0, 0.1) is 0 Å². The third-order valence-electron chi connectivity index (χ3n) is 3.81. The molecule has 0 atom stereocenters. The van der Waals surface area contributed by atoms with Gasteiger partial charge in [-0.3, -0.25) is 9.69 Å². The van der Waals surface area contributed by atoms with Crippen LogP contribution in [0.4, 0.5) is 0 Å². The van der Waals surface area contributed by atoms with Crippen molar-refractivity contribution in [3.8, 4) is 0 Å². The fourth-order valence-corrected chi connectivity index (χ4v) is 2.76. The number of piperazine rings is 1. The van der Waals surface area contributed by atoms with Gasteiger partial charge in [0.05, 0.1) is 5.60 Å². The first-order chi connectivity index (χ1) is 9.94. The predicted octanol–water partition coefficient (Wildman–Crippen LogP) is 1.53. The highest BCUT2D eigenvalue weighted by Gasteiger charge is 2.24. The Morgan fingerprint density at radius 1 is 1.14 bits per heavy atom. The highest BCUT2D eigenvalue weighted by molar-refractivity contribution is 5.76. The molecule has 1 amide bonds. The third-order valence-corrected chi connectivity index (χ3v) is 3.81. The summed E-state index contributed by atoms with van der Waals surface area (Å²) in [6.45, 7) is 7.54. The lowest BCUT2D eigenvalue weighted by Crippen LogP contribution is -2.52. The summed E-state index contributed by atoms with van der Waals surface area (Å²) >= 11 is 0. The molecule has 0 bridgehead atoms. The number of rotatable bonds is 5. The Kier molecular flexibility index (Phi) is 5.37. The van der Waals surface area contributed by atoms with Crippen LogP contribution in [0.25, 0.3) is 0 Å². The number of aryl methyl sites for hydroxylation is 1. The van der Waals surface area contributed by atoms with Gasteiger partial charge in [0.25, 0.3) is 0 Å². The second-order valence-corrected chi connectivity index (χ2v) is 6.45. The molecule has 0 unspecified atom stereocenters. The Labute approximate surface area is 127 Å². The maximum absolute atomic E-state index is 12.2. The molecular formula is C17H26N2O2. The molecule has 116 valence electrons. The van der Waals surface area contributed by atoms with E-state index in [2.05, 4.69) is 17.0 Å². The number of amides is 1. The second kappa shape index (κ2) is 7.05. The predicted molar refractivity (Wildman–Crippen MR) is 84.1 cm³/mol. The van der Waals surface area contributed by atoms with Gasteiger partial charge in [-0.25, -0.2) is 0 Å². The van der Waals surface area contributed by atoms with Gasteiger partial charge in [-0.15, -0.1) is 0 Å². The van der Waals surface area contributed by atoms with E-state index in [1.165, 1.54) is 5.56 Å². The number of carbonyl (C=O) groups is 1. The molecule has 0 spiro atoms. The van der Waals surface area contributed by atoms with Crippen LogP contribution in [0.1, 0.15) is 25.8 Å². The van der Waals surface area contributed by atoms with Crippen LogP contribution in [-0.2, 0) is 11.2 Å². The molecule has 1 N–H and O–H groups in total. The molecule has 2 rings (SSSR count). The van der Waals surface area contributed by atoms with Crippen molar-refractivity contribution in [3.05, 3.63) is 35.9 Å². The van der Waals surface area contributed by atoms with Crippen molar-refractivity contribution >= 4 is 5.91 Å². The maximum Gasteiger partial charge on any atom is 0.222 e. The lowest BCUT2D eigenvalue weighted by atomic mass is 10.1. The highest BCUT2D eigenvalue weighted by atomic mass is 16.3. The topological polar surface area (TPSA) is 43.8 Å². The second-order valence-electron chi connectivity index (χ2n) is 6.45. The minimum absolute atomic E-state index is 0.238. The van der Waals surface area contributed by atoms with Crippen LogP contribution in [0.3, 0.4) is 0 Å². The molecular weight excluding hydrogens is 264 g/mol. The van der Waals surface area contributed by atoms with Gasteiger partial charge >= 0.3 is 0 Å². The number of benzene rings is 1. The fourth-order valence-electron chi connectivity index (χ4n) is 2.76. The Morgan fingerprint density at radius 3 is 2.33 bits per heavy atom. The number of hydrogen-bond donors (Lipinski definition) is 1. The van der Waals surface area contributed by atoms with E-state index in [-0.39, 0.29) is 5.91 Å². The molecule has 21 heavy (non-hydrogen) atoms. The lowest BCUT2D eigenvalue weighted by Gasteiger charge is -2.37. The number of β-amino-alcohol motifs (C(OH)–C–C–N with tert-alkyl or cyclic N) is 1. The summed E-state index contributed by atoms with van der Waals surface area (Å²) in [6, 6.07) is 10.1. The number of nitrogens with zero attached hydrogens (tertiary/aromatic N) is 2. The monoisotopic (exact) mass is 290 g/mol. The first kappa shape index (κ1) is 16.0. The maximum atomic E-state index is 12.2. The van der Waals surface area contributed by atoms with Crippen molar-refractivity contribution in [1.82, 2.24) is 9.80 Å². The summed E-state index contributed by atoms with van der Waals surface area (Å²) in [4.78, 5) is 16.4. The van der Waals surface area contributed by atoms with Crippen LogP contribution in [-0.4, -0.2) is 59.1 Å². The Hall–Kier alpha value is -1.39. The summed E-state index contributed by atoms with van der Waals surface area (Å²) in [7, 11) is 0. The Balaban J connectivity index is 1.73. The van der Waals surface area contributed by atoms with E-state index in [1.54, 1.807) is 0 Å². The van der Waals surface area contributed by atoms with E-state index in [0.717, 1.165) is 32.6 Å².